The van der Waals surface area contributed by atoms with E-state index >= 15 is 0 Å². The number of hydrogen-bond donors (Lipinski definition) is 2. The minimum absolute atomic E-state index is 0.245. The van der Waals surface area contributed by atoms with Gasteiger partial charge in [-0.05, 0) is 50.3 Å². The van der Waals surface area contributed by atoms with Crippen LogP contribution in [0.25, 0.3) is 0 Å². The van der Waals surface area contributed by atoms with Crippen molar-refractivity contribution >= 4 is 34.9 Å². The zero-order valence-electron chi connectivity index (χ0n) is 11.2. The molecule has 0 saturated carbocycles. The van der Waals surface area contributed by atoms with E-state index < -0.39 is 0 Å². The van der Waals surface area contributed by atoms with Crippen LogP contribution in [0.2, 0.25) is 10.0 Å². The Bertz CT molecular complexity index is 515. The van der Waals surface area contributed by atoms with Gasteiger partial charge in [0.25, 0.3) is 0 Å². The molecule has 2 amide bonds. The summed E-state index contributed by atoms with van der Waals surface area (Å²) in [5.74, 6) is 0. The number of amides is 2. The lowest BCUT2D eigenvalue weighted by Crippen LogP contribution is -2.29. The van der Waals surface area contributed by atoms with Gasteiger partial charge in [-0.25, -0.2) is 4.79 Å². The highest BCUT2D eigenvalue weighted by Crippen LogP contribution is 2.25. The number of anilines is 1. The quantitative estimate of drug-likeness (QED) is 0.754. The van der Waals surface area contributed by atoms with Crippen LogP contribution < -0.4 is 10.6 Å². The van der Waals surface area contributed by atoms with Crippen LogP contribution in [-0.2, 0) is 0 Å². The van der Waals surface area contributed by atoms with E-state index in [1.54, 1.807) is 18.2 Å². The highest BCUT2D eigenvalue weighted by Gasteiger charge is 2.07. The number of carbonyl (C=O) groups is 1. The van der Waals surface area contributed by atoms with Crippen LogP contribution in [0.3, 0.4) is 0 Å². The largest absolute Gasteiger partial charge is 0.338 e. The predicted octanol–water partition coefficient (Wildman–Crippen LogP) is 5.01. The van der Waals surface area contributed by atoms with Crippen molar-refractivity contribution in [2.24, 2.45) is 0 Å². The lowest BCUT2D eigenvalue weighted by molar-refractivity contribution is 0.252. The van der Waals surface area contributed by atoms with Crippen molar-refractivity contribution in [2.75, 3.05) is 11.9 Å². The Morgan fingerprint density at radius 3 is 2.80 bits per heavy atom. The Kier molecular flexibility index (Phi) is 5.74. The highest BCUT2D eigenvalue weighted by atomic mass is 35.5. The molecule has 0 aliphatic heterocycles. The molecule has 0 bridgehead atoms. The number of halogens is 2. The van der Waals surface area contributed by atoms with Gasteiger partial charge in [-0.3, -0.25) is 0 Å². The van der Waals surface area contributed by atoms with Crippen molar-refractivity contribution in [3.8, 4) is 0 Å². The molecule has 0 spiro atoms. The molecule has 2 N–H and O–H groups in total. The maximum absolute atomic E-state index is 11.8. The molecule has 0 radical (unpaired) electrons. The first kappa shape index (κ1) is 15.2. The third-order valence-electron chi connectivity index (χ3n) is 3.30. The molecular formula is C15H18Cl2N2O. The molecule has 3 nitrogen and oxygen atoms in total. The van der Waals surface area contributed by atoms with E-state index in [0.717, 1.165) is 12.8 Å². The molecule has 0 saturated heterocycles. The number of urea groups is 1. The van der Waals surface area contributed by atoms with Crippen molar-refractivity contribution in [3.63, 3.8) is 0 Å². The van der Waals surface area contributed by atoms with Gasteiger partial charge in [0, 0.05) is 11.6 Å². The van der Waals surface area contributed by atoms with Crippen LogP contribution >= 0.6 is 23.2 Å². The molecule has 1 aromatic carbocycles. The Labute approximate surface area is 129 Å². The Morgan fingerprint density at radius 2 is 2.10 bits per heavy atom. The summed E-state index contributed by atoms with van der Waals surface area (Å²) in [6.07, 6.45) is 8.08. The van der Waals surface area contributed by atoms with Gasteiger partial charge in [0.15, 0.2) is 0 Å². The fourth-order valence-electron chi connectivity index (χ4n) is 2.23. The molecule has 1 aromatic rings. The maximum atomic E-state index is 11.8. The second-order valence-corrected chi connectivity index (χ2v) is 5.71. The lowest BCUT2D eigenvalue weighted by Gasteiger charge is -2.13. The third-order valence-corrected chi connectivity index (χ3v) is 3.84. The van der Waals surface area contributed by atoms with Crippen molar-refractivity contribution in [1.29, 1.82) is 0 Å². The first-order valence-electron chi connectivity index (χ1n) is 6.83. The molecule has 0 heterocycles. The van der Waals surface area contributed by atoms with E-state index in [1.807, 2.05) is 0 Å². The van der Waals surface area contributed by atoms with Crippen LogP contribution in [-0.4, -0.2) is 12.6 Å². The minimum Gasteiger partial charge on any atom is -0.338 e. The van der Waals surface area contributed by atoms with Gasteiger partial charge in [-0.15, -0.1) is 0 Å². The molecule has 0 fully saturated rings. The number of rotatable bonds is 4. The van der Waals surface area contributed by atoms with E-state index in [1.165, 1.54) is 24.8 Å². The molecule has 0 atom stereocenters. The molecule has 1 aliphatic carbocycles. The Balaban J connectivity index is 1.76. The average Bonchev–Trinajstić information content (AvgIpc) is 2.43. The molecule has 2 rings (SSSR count). The van der Waals surface area contributed by atoms with Gasteiger partial charge in [-0.1, -0.05) is 34.9 Å². The van der Waals surface area contributed by atoms with Gasteiger partial charge < -0.3 is 10.6 Å². The van der Waals surface area contributed by atoms with Crippen molar-refractivity contribution < 1.29 is 4.79 Å². The monoisotopic (exact) mass is 312 g/mol. The third kappa shape index (κ3) is 4.73. The fourth-order valence-corrected chi connectivity index (χ4v) is 2.68. The summed E-state index contributed by atoms with van der Waals surface area (Å²) in [7, 11) is 0. The second kappa shape index (κ2) is 7.55. The molecule has 20 heavy (non-hydrogen) atoms. The SMILES string of the molecule is O=C(NCCC1=CCCCC1)Nc1ccc(Cl)cc1Cl. The van der Waals surface area contributed by atoms with Crippen LogP contribution in [0.4, 0.5) is 10.5 Å². The van der Waals surface area contributed by atoms with Gasteiger partial charge in [0.05, 0.1) is 10.7 Å². The van der Waals surface area contributed by atoms with Gasteiger partial charge in [-0.2, -0.15) is 0 Å². The van der Waals surface area contributed by atoms with E-state index in [2.05, 4.69) is 16.7 Å². The highest BCUT2D eigenvalue weighted by molar-refractivity contribution is 6.36. The fraction of sp³-hybridized carbons (Fsp3) is 0.400. The van der Waals surface area contributed by atoms with E-state index in [0.29, 0.717) is 22.3 Å². The van der Waals surface area contributed by atoms with E-state index in [9.17, 15) is 4.79 Å². The molecular weight excluding hydrogens is 295 g/mol. The van der Waals surface area contributed by atoms with Gasteiger partial charge >= 0.3 is 6.03 Å². The maximum Gasteiger partial charge on any atom is 0.319 e. The smallest absolute Gasteiger partial charge is 0.319 e. The van der Waals surface area contributed by atoms with Crippen molar-refractivity contribution in [2.45, 2.75) is 32.1 Å². The van der Waals surface area contributed by atoms with Gasteiger partial charge in [0.1, 0.15) is 0 Å². The zero-order valence-corrected chi connectivity index (χ0v) is 12.7. The van der Waals surface area contributed by atoms with E-state index in [4.69, 9.17) is 23.2 Å². The number of carbonyl (C=O) groups excluding carboxylic acids is 1. The van der Waals surface area contributed by atoms with Crippen LogP contribution in [0.1, 0.15) is 32.1 Å². The summed E-state index contributed by atoms with van der Waals surface area (Å²) in [6.45, 7) is 0.642. The normalized spacial score (nSPS) is 14.6. The molecule has 1 aliphatic rings. The predicted molar refractivity (Wildman–Crippen MR) is 84.7 cm³/mol. The first-order chi connectivity index (χ1) is 9.65. The average molecular weight is 313 g/mol. The Hall–Kier alpha value is -1.19. The number of nitrogens with one attached hydrogen (secondary N) is 2. The van der Waals surface area contributed by atoms with Crippen LogP contribution in [0.15, 0.2) is 29.8 Å². The lowest BCUT2D eigenvalue weighted by atomic mass is 9.97. The topological polar surface area (TPSA) is 41.1 Å². The zero-order chi connectivity index (χ0) is 14.4. The van der Waals surface area contributed by atoms with Crippen molar-refractivity contribution in [3.05, 3.63) is 39.9 Å². The summed E-state index contributed by atoms with van der Waals surface area (Å²) in [4.78, 5) is 11.8. The molecule has 5 heteroatoms. The second-order valence-electron chi connectivity index (χ2n) is 4.86. The standard InChI is InChI=1S/C15H18Cl2N2O/c16-12-6-7-14(13(17)10-12)19-15(20)18-9-8-11-4-2-1-3-5-11/h4,6-7,10H,1-3,5,8-9H2,(H2,18,19,20). The Morgan fingerprint density at radius 1 is 1.25 bits per heavy atom. The molecule has 0 aromatic heterocycles. The van der Waals surface area contributed by atoms with Gasteiger partial charge in [0.2, 0.25) is 0 Å². The minimum atomic E-state index is -0.245. The number of hydrogen-bond acceptors (Lipinski definition) is 1. The van der Waals surface area contributed by atoms with Crippen LogP contribution in [0.5, 0.6) is 0 Å². The van der Waals surface area contributed by atoms with Crippen molar-refractivity contribution in [1.82, 2.24) is 5.32 Å². The molecule has 0 unspecified atom stereocenters. The van der Waals surface area contributed by atoms with E-state index in [-0.39, 0.29) is 6.03 Å². The summed E-state index contributed by atoms with van der Waals surface area (Å²) in [5, 5.41) is 6.53. The molecule has 108 valence electrons. The van der Waals surface area contributed by atoms with Crippen LogP contribution in [0, 0.1) is 0 Å². The number of allylic oxidation sites excluding steroid dienone is 1. The summed E-state index contributed by atoms with van der Waals surface area (Å²) in [5.41, 5.74) is 2.01. The summed E-state index contributed by atoms with van der Waals surface area (Å²) < 4.78 is 0. The summed E-state index contributed by atoms with van der Waals surface area (Å²) >= 11 is 11.8. The first-order valence-corrected chi connectivity index (χ1v) is 7.58. The summed E-state index contributed by atoms with van der Waals surface area (Å²) in [6, 6.07) is 4.74. The number of benzene rings is 1.